The Bertz CT molecular complexity index is 771. The summed E-state index contributed by atoms with van der Waals surface area (Å²) >= 11 is 0. The molecule has 2 aromatic rings. The van der Waals surface area contributed by atoms with Crippen LogP contribution < -0.4 is 10.1 Å². The first-order chi connectivity index (χ1) is 13.7. The van der Waals surface area contributed by atoms with Gasteiger partial charge in [-0.1, -0.05) is 24.3 Å². The van der Waals surface area contributed by atoms with Gasteiger partial charge in [0.15, 0.2) is 5.60 Å². The number of hydrogen-bond acceptors (Lipinski definition) is 6. The van der Waals surface area contributed by atoms with Crippen molar-refractivity contribution >= 4 is 5.97 Å². The SMILES string of the molecule is CCOC(=O)C(C)(C)Oc1ccc(CCN[C@H](C)[C@H](O)c2ccc(O)cc2)cc1. The van der Waals surface area contributed by atoms with Crippen molar-refractivity contribution in [2.45, 2.75) is 51.9 Å². The van der Waals surface area contributed by atoms with Crippen LogP contribution in [0.25, 0.3) is 0 Å². The fourth-order valence-electron chi connectivity index (χ4n) is 2.88. The van der Waals surface area contributed by atoms with Gasteiger partial charge in [-0.25, -0.2) is 4.79 Å². The van der Waals surface area contributed by atoms with E-state index < -0.39 is 17.7 Å². The maximum absolute atomic E-state index is 11.9. The third-order valence-corrected chi connectivity index (χ3v) is 4.65. The zero-order valence-electron chi connectivity index (χ0n) is 17.5. The number of phenolic OH excluding ortho intramolecular Hbond substituents is 1. The van der Waals surface area contributed by atoms with E-state index in [0.29, 0.717) is 18.9 Å². The first kappa shape index (κ1) is 22.7. The number of ether oxygens (including phenoxy) is 2. The van der Waals surface area contributed by atoms with Crippen molar-refractivity contribution in [2.24, 2.45) is 0 Å². The number of rotatable bonds is 10. The fourth-order valence-corrected chi connectivity index (χ4v) is 2.88. The summed E-state index contributed by atoms with van der Waals surface area (Å²) in [5, 5.41) is 23.1. The van der Waals surface area contributed by atoms with Crippen LogP contribution in [0.15, 0.2) is 48.5 Å². The highest BCUT2D eigenvalue weighted by Crippen LogP contribution is 2.21. The lowest BCUT2D eigenvalue weighted by Gasteiger charge is -2.24. The largest absolute Gasteiger partial charge is 0.508 e. The zero-order chi connectivity index (χ0) is 21.4. The highest BCUT2D eigenvalue weighted by atomic mass is 16.6. The zero-order valence-corrected chi connectivity index (χ0v) is 17.5. The van der Waals surface area contributed by atoms with E-state index in [9.17, 15) is 15.0 Å². The number of nitrogens with one attached hydrogen (secondary N) is 1. The van der Waals surface area contributed by atoms with Gasteiger partial charge in [-0.15, -0.1) is 0 Å². The number of benzene rings is 2. The molecule has 0 fully saturated rings. The standard InChI is InChI=1S/C23H31NO5/c1-5-28-22(27)23(3,4)29-20-12-6-17(7-13-20)14-15-24-16(2)21(26)18-8-10-19(25)11-9-18/h6-13,16,21,24-26H,5,14-15H2,1-4H3/t16-,21+/m1/s1. The molecule has 2 aromatic carbocycles. The first-order valence-corrected chi connectivity index (χ1v) is 9.88. The molecule has 0 aliphatic heterocycles. The average Bonchev–Trinajstić information content (AvgIpc) is 2.69. The van der Waals surface area contributed by atoms with Crippen LogP contribution in [0, 0.1) is 0 Å². The molecule has 2 atom stereocenters. The molecule has 0 aliphatic rings. The Morgan fingerprint density at radius 3 is 2.31 bits per heavy atom. The maximum Gasteiger partial charge on any atom is 0.349 e. The van der Waals surface area contributed by atoms with Gasteiger partial charge in [0.2, 0.25) is 0 Å². The van der Waals surface area contributed by atoms with E-state index in [2.05, 4.69) is 5.32 Å². The first-order valence-electron chi connectivity index (χ1n) is 9.88. The van der Waals surface area contributed by atoms with Crippen LogP contribution in [0.3, 0.4) is 0 Å². The molecular weight excluding hydrogens is 370 g/mol. The number of aliphatic hydroxyl groups is 1. The smallest absolute Gasteiger partial charge is 0.349 e. The molecule has 0 aromatic heterocycles. The molecule has 0 unspecified atom stereocenters. The predicted molar refractivity (Wildman–Crippen MR) is 112 cm³/mol. The van der Waals surface area contributed by atoms with Gasteiger partial charge in [-0.2, -0.15) is 0 Å². The minimum Gasteiger partial charge on any atom is -0.508 e. The van der Waals surface area contributed by atoms with Crippen molar-refractivity contribution in [3.8, 4) is 11.5 Å². The molecule has 0 spiro atoms. The van der Waals surface area contributed by atoms with Gasteiger partial charge in [-0.3, -0.25) is 0 Å². The highest BCUT2D eigenvalue weighted by Gasteiger charge is 2.31. The molecule has 0 saturated carbocycles. The number of hydrogen-bond donors (Lipinski definition) is 3. The van der Waals surface area contributed by atoms with Crippen LogP contribution in [-0.4, -0.2) is 41.0 Å². The number of aromatic hydroxyl groups is 1. The summed E-state index contributed by atoms with van der Waals surface area (Å²) < 4.78 is 10.8. The quantitative estimate of drug-likeness (QED) is 0.529. The predicted octanol–water partition coefficient (Wildman–Crippen LogP) is 3.37. The highest BCUT2D eigenvalue weighted by molar-refractivity contribution is 5.79. The van der Waals surface area contributed by atoms with Gasteiger partial charge in [-0.05, 0) is 76.1 Å². The molecule has 6 nitrogen and oxygen atoms in total. The lowest BCUT2D eigenvalue weighted by molar-refractivity contribution is -0.158. The van der Waals surface area contributed by atoms with Crippen LogP contribution in [0.2, 0.25) is 0 Å². The summed E-state index contributed by atoms with van der Waals surface area (Å²) in [5.74, 6) is 0.393. The Balaban J connectivity index is 1.82. The molecule has 0 saturated heterocycles. The molecule has 0 heterocycles. The minimum atomic E-state index is -1.04. The number of carbonyl (C=O) groups excluding carboxylic acids is 1. The van der Waals surface area contributed by atoms with E-state index in [-0.39, 0.29) is 11.8 Å². The summed E-state index contributed by atoms with van der Waals surface area (Å²) in [5.41, 5.74) is 0.831. The van der Waals surface area contributed by atoms with Gasteiger partial charge in [0.05, 0.1) is 12.7 Å². The molecule has 0 radical (unpaired) electrons. The van der Waals surface area contributed by atoms with Crippen LogP contribution in [0.1, 0.15) is 44.9 Å². The molecule has 158 valence electrons. The molecule has 0 amide bonds. The van der Waals surface area contributed by atoms with Crippen LogP contribution in [-0.2, 0) is 16.0 Å². The van der Waals surface area contributed by atoms with Crippen molar-refractivity contribution < 1.29 is 24.5 Å². The molecule has 6 heteroatoms. The number of aliphatic hydroxyl groups excluding tert-OH is 1. The maximum atomic E-state index is 11.9. The Hall–Kier alpha value is -2.57. The van der Waals surface area contributed by atoms with Gasteiger partial charge >= 0.3 is 5.97 Å². The van der Waals surface area contributed by atoms with Crippen molar-refractivity contribution in [3.05, 3.63) is 59.7 Å². The third-order valence-electron chi connectivity index (χ3n) is 4.65. The summed E-state index contributed by atoms with van der Waals surface area (Å²) in [4.78, 5) is 11.9. The van der Waals surface area contributed by atoms with Gasteiger partial charge in [0.1, 0.15) is 11.5 Å². The lowest BCUT2D eigenvalue weighted by atomic mass is 10.0. The Labute approximate surface area is 172 Å². The third kappa shape index (κ3) is 6.76. The van der Waals surface area contributed by atoms with Gasteiger partial charge in [0.25, 0.3) is 0 Å². The van der Waals surface area contributed by atoms with E-state index in [1.807, 2.05) is 31.2 Å². The topological polar surface area (TPSA) is 88.0 Å². The van der Waals surface area contributed by atoms with E-state index in [1.165, 1.54) is 0 Å². The second-order valence-corrected chi connectivity index (χ2v) is 7.51. The molecule has 0 bridgehead atoms. The number of phenols is 1. The lowest BCUT2D eigenvalue weighted by Crippen LogP contribution is -2.39. The monoisotopic (exact) mass is 401 g/mol. The summed E-state index contributed by atoms with van der Waals surface area (Å²) in [6.45, 7) is 8.07. The van der Waals surface area contributed by atoms with Crippen molar-refractivity contribution in [2.75, 3.05) is 13.2 Å². The van der Waals surface area contributed by atoms with E-state index >= 15 is 0 Å². The molecule has 29 heavy (non-hydrogen) atoms. The number of esters is 1. The van der Waals surface area contributed by atoms with E-state index in [4.69, 9.17) is 9.47 Å². The van der Waals surface area contributed by atoms with Crippen LogP contribution in [0.4, 0.5) is 0 Å². The van der Waals surface area contributed by atoms with E-state index in [1.54, 1.807) is 45.0 Å². The van der Waals surface area contributed by atoms with Crippen LogP contribution in [0.5, 0.6) is 11.5 Å². The molecule has 2 rings (SSSR count). The minimum absolute atomic E-state index is 0.132. The molecule has 3 N–H and O–H groups in total. The average molecular weight is 402 g/mol. The Kier molecular flexibility index (Phi) is 8.05. The Morgan fingerprint density at radius 2 is 1.72 bits per heavy atom. The summed E-state index contributed by atoms with van der Waals surface area (Å²) in [6.07, 6.45) is 0.130. The summed E-state index contributed by atoms with van der Waals surface area (Å²) in [6, 6.07) is 14.0. The fraction of sp³-hybridized carbons (Fsp3) is 0.435. The van der Waals surface area contributed by atoms with Crippen molar-refractivity contribution in [3.63, 3.8) is 0 Å². The van der Waals surface area contributed by atoms with Gasteiger partial charge < -0.3 is 25.0 Å². The van der Waals surface area contributed by atoms with Crippen molar-refractivity contribution in [1.82, 2.24) is 5.32 Å². The Morgan fingerprint density at radius 1 is 1.10 bits per heavy atom. The second kappa shape index (κ2) is 10.3. The second-order valence-electron chi connectivity index (χ2n) is 7.51. The van der Waals surface area contributed by atoms with Crippen LogP contribution >= 0.6 is 0 Å². The summed E-state index contributed by atoms with van der Waals surface area (Å²) in [7, 11) is 0. The normalized spacial score (nSPS) is 13.6. The molecular formula is C23H31NO5. The van der Waals surface area contributed by atoms with Gasteiger partial charge in [0, 0.05) is 6.04 Å². The molecule has 0 aliphatic carbocycles. The van der Waals surface area contributed by atoms with Crippen molar-refractivity contribution in [1.29, 1.82) is 0 Å². The van der Waals surface area contributed by atoms with E-state index in [0.717, 1.165) is 17.5 Å². The number of carbonyl (C=O) groups is 1.